The van der Waals surface area contributed by atoms with Crippen LogP contribution in [0, 0.1) is 5.41 Å². The molecule has 1 atom stereocenters. The van der Waals surface area contributed by atoms with Crippen LogP contribution in [0.4, 0.5) is 0 Å². The average Bonchev–Trinajstić information content (AvgIpc) is 2.35. The Morgan fingerprint density at radius 3 is 2.67 bits per heavy atom. The summed E-state index contributed by atoms with van der Waals surface area (Å²) in [5.74, 6) is 0. The van der Waals surface area contributed by atoms with Crippen molar-refractivity contribution >= 4 is 0 Å². The Hall–Kier alpha value is -0.760. The summed E-state index contributed by atoms with van der Waals surface area (Å²) < 4.78 is 7.68. The Kier molecular flexibility index (Phi) is 1.55. The van der Waals surface area contributed by atoms with Crippen LogP contribution in [0.1, 0.15) is 25.6 Å². The monoisotopic (exact) mass is 165 g/mol. The van der Waals surface area contributed by atoms with E-state index in [2.05, 4.69) is 43.8 Å². The number of ether oxygens (including phenoxy) is 1. The van der Waals surface area contributed by atoms with Crippen LogP contribution >= 0.6 is 0 Å². The molecule has 1 aromatic rings. The molecule has 0 saturated carbocycles. The van der Waals surface area contributed by atoms with Crippen molar-refractivity contribution in [3.63, 3.8) is 0 Å². The Bertz CT molecular complexity index is 288. The van der Waals surface area contributed by atoms with E-state index in [0.717, 1.165) is 6.61 Å². The maximum absolute atomic E-state index is 5.55. The zero-order valence-corrected chi connectivity index (χ0v) is 7.87. The van der Waals surface area contributed by atoms with E-state index < -0.39 is 0 Å². The highest BCUT2D eigenvalue weighted by molar-refractivity contribution is 5.15. The number of aromatic nitrogens is 1. The highest BCUT2D eigenvalue weighted by Crippen LogP contribution is 2.45. The topological polar surface area (TPSA) is 14.2 Å². The van der Waals surface area contributed by atoms with Crippen LogP contribution in [-0.2, 0) is 11.8 Å². The second-order valence-corrected chi connectivity index (χ2v) is 4.22. The molecule has 2 rings (SSSR count). The maximum atomic E-state index is 5.55. The summed E-state index contributed by atoms with van der Waals surface area (Å²) in [5, 5.41) is 0. The number of aryl methyl sites for hydroxylation is 1. The quantitative estimate of drug-likeness (QED) is 0.621. The van der Waals surface area contributed by atoms with E-state index in [0.29, 0.717) is 5.41 Å². The summed E-state index contributed by atoms with van der Waals surface area (Å²) in [6.07, 6.45) is 2.35. The summed E-state index contributed by atoms with van der Waals surface area (Å²) in [6, 6.07) is 4.19. The first-order chi connectivity index (χ1) is 5.61. The molecule has 0 radical (unpaired) electrons. The molecule has 0 amide bonds. The number of hydrogen-bond donors (Lipinski definition) is 0. The molecule has 2 heteroatoms. The van der Waals surface area contributed by atoms with Gasteiger partial charge in [-0.2, -0.15) is 0 Å². The van der Waals surface area contributed by atoms with Gasteiger partial charge in [0, 0.05) is 24.4 Å². The number of hydrogen-bond acceptors (Lipinski definition) is 1. The molecular weight excluding hydrogens is 150 g/mol. The zero-order chi connectivity index (χ0) is 8.77. The maximum Gasteiger partial charge on any atom is 0.105 e. The summed E-state index contributed by atoms with van der Waals surface area (Å²) >= 11 is 0. The zero-order valence-electron chi connectivity index (χ0n) is 7.87. The van der Waals surface area contributed by atoms with Crippen molar-refractivity contribution in [2.75, 3.05) is 6.61 Å². The molecule has 1 fully saturated rings. The van der Waals surface area contributed by atoms with Crippen LogP contribution in [0.15, 0.2) is 18.3 Å². The highest BCUT2D eigenvalue weighted by Gasteiger charge is 2.42. The molecule has 1 aliphatic rings. The van der Waals surface area contributed by atoms with Gasteiger partial charge in [-0.3, -0.25) is 0 Å². The van der Waals surface area contributed by atoms with E-state index in [4.69, 9.17) is 4.74 Å². The second-order valence-electron chi connectivity index (χ2n) is 4.22. The van der Waals surface area contributed by atoms with E-state index in [-0.39, 0.29) is 6.10 Å². The summed E-state index contributed by atoms with van der Waals surface area (Å²) in [4.78, 5) is 0. The van der Waals surface area contributed by atoms with Crippen molar-refractivity contribution in [2.24, 2.45) is 12.5 Å². The van der Waals surface area contributed by atoms with Crippen LogP contribution in [0.5, 0.6) is 0 Å². The molecule has 1 aliphatic heterocycles. The molecule has 0 N–H and O–H groups in total. The minimum atomic E-state index is 0.289. The van der Waals surface area contributed by atoms with Crippen molar-refractivity contribution in [2.45, 2.75) is 20.0 Å². The van der Waals surface area contributed by atoms with E-state index >= 15 is 0 Å². The number of rotatable bonds is 1. The molecule has 1 aromatic heterocycles. The number of nitrogens with zero attached hydrogens (tertiary/aromatic N) is 1. The van der Waals surface area contributed by atoms with Gasteiger partial charge >= 0.3 is 0 Å². The van der Waals surface area contributed by atoms with E-state index in [1.165, 1.54) is 5.69 Å². The van der Waals surface area contributed by atoms with Crippen LogP contribution in [0.3, 0.4) is 0 Å². The van der Waals surface area contributed by atoms with E-state index in [1.807, 2.05) is 0 Å². The predicted molar refractivity (Wildman–Crippen MR) is 47.9 cm³/mol. The lowest BCUT2D eigenvalue weighted by atomic mass is 9.81. The summed E-state index contributed by atoms with van der Waals surface area (Å²) in [7, 11) is 2.06. The molecule has 0 spiro atoms. The van der Waals surface area contributed by atoms with Gasteiger partial charge in [-0.1, -0.05) is 13.8 Å². The predicted octanol–water partition coefficient (Wildman–Crippen LogP) is 2.12. The van der Waals surface area contributed by atoms with E-state index in [9.17, 15) is 0 Å². The van der Waals surface area contributed by atoms with Crippen LogP contribution < -0.4 is 0 Å². The molecule has 1 saturated heterocycles. The fourth-order valence-corrected chi connectivity index (χ4v) is 1.73. The second kappa shape index (κ2) is 2.36. The lowest BCUT2D eigenvalue weighted by Gasteiger charge is -2.44. The minimum Gasteiger partial charge on any atom is -0.371 e. The van der Waals surface area contributed by atoms with Gasteiger partial charge in [-0.05, 0) is 12.1 Å². The van der Waals surface area contributed by atoms with Crippen molar-refractivity contribution in [1.82, 2.24) is 4.57 Å². The van der Waals surface area contributed by atoms with Crippen LogP contribution in [0.25, 0.3) is 0 Å². The van der Waals surface area contributed by atoms with Gasteiger partial charge in [0.2, 0.25) is 0 Å². The first kappa shape index (κ1) is 7.87. The molecule has 1 unspecified atom stereocenters. The third-order valence-electron chi connectivity index (χ3n) is 2.58. The van der Waals surface area contributed by atoms with Crippen molar-refractivity contribution in [1.29, 1.82) is 0 Å². The van der Waals surface area contributed by atoms with Gasteiger partial charge in [0.25, 0.3) is 0 Å². The fraction of sp³-hybridized carbons (Fsp3) is 0.600. The molecule has 0 aliphatic carbocycles. The normalized spacial score (nSPS) is 26.8. The van der Waals surface area contributed by atoms with Gasteiger partial charge in [0.1, 0.15) is 6.10 Å². The van der Waals surface area contributed by atoms with Gasteiger partial charge in [0.05, 0.1) is 6.61 Å². The Morgan fingerprint density at radius 1 is 1.58 bits per heavy atom. The van der Waals surface area contributed by atoms with Crippen LogP contribution in [-0.4, -0.2) is 11.2 Å². The van der Waals surface area contributed by atoms with Gasteiger partial charge in [-0.25, -0.2) is 0 Å². The first-order valence-electron chi connectivity index (χ1n) is 4.34. The van der Waals surface area contributed by atoms with E-state index in [1.54, 1.807) is 0 Å². The lowest BCUT2D eigenvalue weighted by molar-refractivity contribution is -0.175. The Balaban J connectivity index is 2.27. The Morgan fingerprint density at radius 2 is 2.33 bits per heavy atom. The molecular formula is C10H15NO. The van der Waals surface area contributed by atoms with Crippen LogP contribution in [0.2, 0.25) is 0 Å². The minimum absolute atomic E-state index is 0.289. The van der Waals surface area contributed by atoms with Crippen molar-refractivity contribution in [3.05, 3.63) is 24.0 Å². The Labute approximate surface area is 73.1 Å². The smallest absolute Gasteiger partial charge is 0.105 e. The first-order valence-corrected chi connectivity index (χ1v) is 4.34. The standard InChI is InChI=1S/C10H15NO/c1-10(2)7-12-9(10)8-5-4-6-11(8)3/h4-6,9H,7H2,1-3H3. The molecule has 2 heterocycles. The summed E-state index contributed by atoms with van der Waals surface area (Å²) in [6.45, 7) is 5.37. The lowest BCUT2D eigenvalue weighted by Crippen LogP contribution is -2.41. The molecule has 12 heavy (non-hydrogen) atoms. The molecule has 0 aromatic carbocycles. The highest BCUT2D eigenvalue weighted by atomic mass is 16.5. The van der Waals surface area contributed by atoms with Crippen molar-refractivity contribution < 1.29 is 4.74 Å². The SMILES string of the molecule is Cn1cccc1C1OCC1(C)C. The van der Waals surface area contributed by atoms with Gasteiger partial charge in [-0.15, -0.1) is 0 Å². The third kappa shape index (κ3) is 0.985. The molecule has 66 valence electrons. The van der Waals surface area contributed by atoms with Crippen molar-refractivity contribution in [3.8, 4) is 0 Å². The summed E-state index contributed by atoms with van der Waals surface area (Å²) in [5.41, 5.74) is 1.60. The largest absolute Gasteiger partial charge is 0.371 e. The van der Waals surface area contributed by atoms with Gasteiger partial charge < -0.3 is 9.30 Å². The fourth-order valence-electron chi connectivity index (χ4n) is 1.73. The van der Waals surface area contributed by atoms with Gasteiger partial charge in [0.15, 0.2) is 0 Å². The third-order valence-corrected chi connectivity index (χ3v) is 2.58. The molecule has 0 bridgehead atoms. The average molecular weight is 165 g/mol. The molecule has 2 nitrogen and oxygen atoms in total.